The first-order valence-corrected chi connectivity index (χ1v) is 9.56. The van der Waals surface area contributed by atoms with Crippen LogP contribution < -0.4 is 10.6 Å². The second-order valence-corrected chi connectivity index (χ2v) is 7.50. The number of anilines is 2. The predicted octanol–water partition coefficient (Wildman–Crippen LogP) is 4.35. The van der Waals surface area contributed by atoms with E-state index in [2.05, 4.69) is 10.6 Å². The van der Waals surface area contributed by atoms with E-state index in [0.717, 1.165) is 4.90 Å². The Balaban J connectivity index is 1.54. The number of amides is 2. The summed E-state index contributed by atoms with van der Waals surface area (Å²) in [5, 5.41) is 14.0. The number of hydrogen-bond donors (Lipinski definition) is 3. The standard InChI is InChI=1S/C21H18N2O5S/c1-13(19(24)22-15-6-4-14(5-7-15)21(26)27)29-17-10-8-16(9-11-17)23-20(25)18-3-2-12-28-18/h2-13H,1H3,(H,22,24)(H,23,25)(H,26,27). The van der Waals surface area contributed by atoms with Crippen LogP contribution in [0.15, 0.2) is 76.2 Å². The van der Waals surface area contributed by atoms with Crippen molar-refractivity contribution < 1.29 is 23.9 Å². The normalized spacial score (nSPS) is 11.5. The highest BCUT2D eigenvalue weighted by atomic mass is 32.2. The molecule has 0 bridgehead atoms. The fourth-order valence-corrected chi connectivity index (χ4v) is 3.28. The first-order chi connectivity index (χ1) is 13.9. The summed E-state index contributed by atoms with van der Waals surface area (Å²) in [4.78, 5) is 36.1. The third-order valence-electron chi connectivity index (χ3n) is 3.94. The molecule has 0 aliphatic carbocycles. The van der Waals surface area contributed by atoms with Crippen LogP contribution in [0.3, 0.4) is 0 Å². The fraction of sp³-hybridized carbons (Fsp3) is 0.0952. The Bertz CT molecular complexity index is 999. The van der Waals surface area contributed by atoms with Crippen molar-refractivity contribution in [2.75, 3.05) is 10.6 Å². The summed E-state index contributed by atoms with van der Waals surface area (Å²) in [5.74, 6) is -1.33. The van der Waals surface area contributed by atoms with Crippen molar-refractivity contribution in [3.05, 3.63) is 78.3 Å². The summed E-state index contributed by atoms with van der Waals surface area (Å²) in [7, 11) is 0. The van der Waals surface area contributed by atoms with Gasteiger partial charge in [0.05, 0.1) is 17.1 Å². The van der Waals surface area contributed by atoms with Crippen LogP contribution in [0, 0.1) is 0 Å². The zero-order valence-corrected chi connectivity index (χ0v) is 16.2. The number of furan rings is 1. The van der Waals surface area contributed by atoms with Gasteiger partial charge in [-0.3, -0.25) is 9.59 Å². The molecule has 1 heterocycles. The van der Waals surface area contributed by atoms with Gasteiger partial charge in [-0.05, 0) is 67.6 Å². The van der Waals surface area contributed by atoms with Gasteiger partial charge < -0.3 is 20.2 Å². The molecule has 0 fully saturated rings. The summed E-state index contributed by atoms with van der Waals surface area (Å²) in [6.45, 7) is 1.78. The highest BCUT2D eigenvalue weighted by molar-refractivity contribution is 8.00. The van der Waals surface area contributed by atoms with Crippen LogP contribution in [-0.4, -0.2) is 28.1 Å². The van der Waals surface area contributed by atoms with Gasteiger partial charge in [-0.15, -0.1) is 11.8 Å². The minimum Gasteiger partial charge on any atom is -0.478 e. The summed E-state index contributed by atoms with van der Waals surface area (Å²) in [6, 6.07) is 16.3. The van der Waals surface area contributed by atoms with Gasteiger partial charge in [0.2, 0.25) is 5.91 Å². The van der Waals surface area contributed by atoms with Gasteiger partial charge in [0.1, 0.15) is 0 Å². The third kappa shape index (κ3) is 5.49. The molecule has 3 N–H and O–H groups in total. The van der Waals surface area contributed by atoms with Crippen LogP contribution in [0.25, 0.3) is 0 Å². The maximum atomic E-state index is 12.4. The first-order valence-electron chi connectivity index (χ1n) is 8.68. The number of aromatic carboxylic acids is 1. The van der Waals surface area contributed by atoms with E-state index in [-0.39, 0.29) is 28.4 Å². The number of thioether (sulfide) groups is 1. The second kappa shape index (κ2) is 9.11. The molecule has 0 aliphatic rings. The molecule has 1 unspecified atom stereocenters. The Morgan fingerprint density at radius 2 is 1.55 bits per heavy atom. The lowest BCUT2D eigenvalue weighted by atomic mass is 10.2. The van der Waals surface area contributed by atoms with Crippen molar-refractivity contribution in [3.63, 3.8) is 0 Å². The lowest BCUT2D eigenvalue weighted by Crippen LogP contribution is -2.22. The van der Waals surface area contributed by atoms with Crippen LogP contribution in [0.4, 0.5) is 11.4 Å². The summed E-state index contributed by atoms with van der Waals surface area (Å²) >= 11 is 1.37. The highest BCUT2D eigenvalue weighted by Crippen LogP contribution is 2.26. The molecule has 2 aromatic carbocycles. The van der Waals surface area contributed by atoms with Gasteiger partial charge in [0.25, 0.3) is 5.91 Å². The zero-order valence-electron chi connectivity index (χ0n) is 15.4. The van der Waals surface area contributed by atoms with E-state index in [1.807, 2.05) is 12.1 Å². The number of carbonyl (C=O) groups is 3. The zero-order chi connectivity index (χ0) is 20.8. The average Bonchev–Trinajstić information content (AvgIpc) is 3.25. The van der Waals surface area contributed by atoms with Crippen LogP contribution in [0.5, 0.6) is 0 Å². The number of carbonyl (C=O) groups excluding carboxylic acids is 2. The summed E-state index contributed by atoms with van der Waals surface area (Å²) in [6.07, 6.45) is 1.43. The fourth-order valence-electron chi connectivity index (χ4n) is 2.41. The number of benzene rings is 2. The van der Waals surface area contributed by atoms with E-state index in [1.54, 1.807) is 43.3 Å². The number of carboxylic acid groups (broad SMARTS) is 1. The molecule has 3 aromatic rings. The van der Waals surface area contributed by atoms with E-state index >= 15 is 0 Å². The number of nitrogens with one attached hydrogen (secondary N) is 2. The summed E-state index contributed by atoms with van der Waals surface area (Å²) < 4.78 is 5.05. The molecule has 3 rings (SSSR count). The van der Waals surface area contributed by atoms with Gasteiger partial charge in [0.15, 0.2) is 5.76 Å². The minimum absolute atomic E-state index is 0.157. The second-order valence-electron chi connectivity index (χ2n) is 6.09. The predicted molar refractivity (Wildman–Crippen MR) is 110 cm³/mol. The molecule has 0 saturated carbocycles. The molecule has 2 amide bonds. The summed E-state index contributed by atoms with van der Waals surface area (Å²) in [5.41, 5.74) is 1.31. The van der Waals surface area contributed by atoms with Gasteiger partial charge in [0, 0.05) is 16.3 Å². The molecule has 29 heavy (non-hydrogen) atoms. The van der Waals surface area contributed by atoms with E-state index in [0.29, 0.717) is 11.4 Å². The van der Waals surface area contributed by atoms with Crippen LogP contribution in [0.1, 0.15) is 27.8 Å². The first kappa shape index (κ1) is 20.2. The van der Waals surface area contributed by atoms with Gasteiger partial charge >= 0.3 is 5.97 Å². The molecule has 0 spiro atoms. The van der Waals surface area contributed by atoms with Crippen LogP contribution in [-0.2, 0) is 4.79 Å². The number of hydrogen-bond acceptors (Lipinski definition) is 5. The van der Waals surface area contributed by atoms with Crippen molar-refractivity contribution >= 4 is 40.9 Å². The maximum Gasteiger partial charge on any atom is 0.335 e. The largest absolute Gasteiger partial charge is 0.478 e. The smallest absolute Gasteiger partial charge is 0.335 e. The molecular formula is C21H18N2O5S. The van der Waals surface area contributed by atoms with Gasteiger partial charge in [-0.1, -0.05) is 0 Å². The number of rotatable bonds is 7. The molecule has 7 nitrogen and oxygen atoms in total. The maximum absolute atomic E-state index is 12.4. The van der Waals surface area contributed by atoms with E-state index in [9.17, 15) is 14.4 Å². The molecule has 0 aliphatic heterocycles. The molecule has 0 saturated heterocycles. The molecule has 1 aromatic heterocycles. The minimum atomic E-state index is -1.02. The van der Waals surface area contributed by atoms with E-state index in [1.165, 1.54) is 30.2 Å². The SMILES string of the molecule is CC(Sc1ccc(NC(=O)c2ccco2)cc1)C(=O)Nc1ccc(C(=O)O)cc1. The average molecular weight is 410 g/mol. The Morgan fingerprint density at radius 3 is 2.14 bits per heavy atom. The molecule has 1 atom stereocenters. The van der Waals surface area contributed by atoms with Crippen molar-refractivity contribution in [3.8, 4) is 0 Å². The van der Waals surface area contributed by atoms with E-state index in [4.69, 9.17) is 9.52 Å². The van der Waals surface area contributed by atoms with Crippen molar-refractivity contribution in [2.45, 2.75) is 17.1 Å². The molecule has 8 heteroatoms. The Kier molecular flexibility index (Phi) is 6.36. The lowest BCUT2D eigenvalue weighted by Gasteiger charge is -2.12. The van der Waals surface area contributed by atoms with Crippen molar-refractivity contribution in [1.29, 1.82) is 0 Å². The topological polar surface area (TPSA) is 109 Å². The highest BCUT2D eigenvalue weighted by Gasteiger charge is 2.15. The van der Waals surface area contributed by atoms with Crippen LogP contribution in [0.2, 0.25) is 0 Å². The Labute approximate surface area is 171 Å². The lowest BCUT2D eigenvalue weighted by molar-refractivity contribution is -0.115. The van der Waals surface area contributed by atoms with Crippen molar-refractivity contribution in [2.24, 2.45) is 0 Å². The van der Waals surface area contributed by atoms with Gasteiger partial charge in [-0.25, -0.2) is 4.79 Å². The number of carboxylic acids is 1. The molecule has 0 radical (unpaired) electrons. The Hall–Kier alpha value is -3.52. The van der Waals surface area contributed by atoms with Crippen molar-refractivity contribution in [1.82, 2.24) is 0 Å². The third-order valence-corrected chi connectivity index (χ3v) is 5.05. The van der Waals surface area contributed by atoms with Crippen LogP contribution >= 0.6 is 11.8 Å². The Morgan fingerprint density at radius 1 is 0.931 bits per heavy atom. The molecule has 148 valence electrons. The monoisotopic (exact) mass is 410 g/mol. The quantitative estimate of drug-likeness (QED) is 0.500. The van der Waals surface area contributed by atoms with Gasteiger partial charge in [-0.2, -0.15) is 0 Å². The van der Waals surface area contributed by atoms with E-state index < -0.39 is 5.97 Å². The molecular weight excluding hydrogens is 392 g/mol.